The largest absolute Gasteiger partial charge is 0.495 e. The number of ether oxygens (including phenoxy) is 2. The molecule has 8 nitrogen and oxygen atoms in total. The zero-order valence-electron chi connectivity index (χ0n) is 22.1. The summed E-state index contributed by atoms with van der Waals surface area (Å²) in [6.07, 6.45) is 0.971. The summed E-state index contributed by atoms with van der Waals surface area (Å²) < 4.78 is 11.0. The molecule has 1 unspecified atom stereocenters. The Bertz CT molecular complexity index is 1470. The maximum atomic E-state index is 13.8. The van der Waals surface area contributed by atoms with E-state index in [9.17, 15) is 9.59 Å². The van der Waals surface area contributed by atoms with Crippen molar-refractivity contribution in [2.45, 2.75) is 19.4 Å². The van der Waals surface area contributed by atoms with Crippen LogP contribution in [0.3, 0.4) is 0 Å². The van der Waals surface area contributed by atoms with Gasteiger partial charge in [-0.05, 0) is 67.4 Å². The summed E-state index contributed by atoms with van der Waals surface area (Å²) >= 11 is 7.60. The van der Waals surface area contributed by atoms with Gasteiger partial charge in [-0.25, -0.2) is 4.99 Å². The Hall–Kier alpha value is -3.95. The number of aliphatic imine (C=N–C) groups is 1. The summed E-state index contributed by atoms with van der Waals surface area (Å²) in [5, 5.41) is 7.42. The van der Waals surface area contributed by atoms with E-state index in [0.717, 1.165) is 29.4 Å². The molecule has 2 N–H and O–H groups in total. The summed E-state index contributed by atoms with van der Waals surface area (Å²) in [5.74, 6) is 1.55. The monoisotopic (exact) mass is 576 g/mol. The van der Waals surface area contributed by atoms with E-state index in [2.05, 4.69) is 15.5 Å². The molecule has 0 saturated carbocycles. The summed E-state index contributed by atoms with van der Waals surface area (Å²) in [7, 11) is 1.57. The smallest absolute Gasteiger partial charge is 0.262 e. The van der Waals surface area contributed by atoms with Gasteiger partial charge in [0.2, 0.25) is 0 Å². The number of rotatable bonds is 8. The number of nitrogens with zero attached hydrogens (tertiary/aromatic N) is 2. The van der Waals surface area contributed by atoms with Gasteiger partial charge < -0.3 is 25.0 Å². The number of amides is 2. The number of carbonyl (C=O) groups is 2. The van der Waals surface area contributed by atoms with Crippen molar-refractivity contribution in [1.29, 1.82) is 0 Å². The van der Waals surface area contributed by atoms with Crippen LogP contribution in [-0.4, -0.2) is 47.9 Å². The van der Waals surface area contributed by atoms with Gasteiger partial charge in [0.15, 0.2) is 11.8 Å². The molecule has 206 valence electrons. The van der Waals surface area contributed by atoms with E-state index in [1.54, 1.807) is 55.3 Å². The number of hydrogen-bond acceptors (Lipinski definition) is 7. The second kappa shape index (κ2) is 12.5. The van der Waals surface area contributed by atoms with Gasteiger partial charge in [-0.3, -0.25) is 9.59 Å². The van der Waals surface area contributed by atoms with E-state index in [1.807, 2.05) is 43.3 Å². The average molecular weight is 577 g/mol. The number of halogens is 1. The topological polar surface area (TPSA) is 92.3 Å². The third-order valence-corrected chi connectivity index (χ3v) is 7.86. The van der Waals surface area contributed by atoms with Crippen molar-refractivity contribution in [3.8, 4) is 11.5 Å². The quantitative estimate of drug-likeness (QED) is 0.335. The van der Waals surface area contributed by atoms with Gasteiger partial charge in [-0.2, -0.15) is 0 Å². The third-order valence-electron chi connectivity index (χ3n) is 6.53. The molecule has 2 heterocycles. The number of allylic oxidation sites excluding steroid dienone is 1. The molecule has 0 aromatic heterocycles. The van der Waals surface area contributed by atoms with Gasteiger partial charge in [-0.1, -0.05) is 47.6 Å². The summed E-state index contributed by atoms with van der Waals surface area (Å²) in [5.41, 5.74) is 3.27. The molecule has 0 bridgehead atoms. The van der Waals surface area contributed by atoms with Crippen molar-refractivity contribution in [2.75, 3.05) is 36.6 Å². The van der Waals surface area contributed by atoms with Crippen LogP contribution in [0.2, 0.25) is 5.02 Å². The minimum atomic E-state index is -0.378. The Morgan fingerprint density at radius 2 is 1.88 bits per heavy atom. The number of anilines is 2. The highest BCUT2D eigenvalue weighted by Gasteiger charge is 2.37. The molecule has 1 atom stereocenters. The highest BCUT2D eigenvalue weighted by molar-refractivity contribution is 8.13. The molecule has 2 aliphatic heterocycles. The summed E-state index contributed by atoms with van der Waals surface area (Å²) in [6.45, 7) is 2.48. The van der Waals surface area contributed by atoms with E-state index in [4.69, 9.17) is 26.1 Å². The predicted molar refractivity (Wildman–Crippen MR) is 160 cm³/mol. The molecule has 0 radical (unpaired) electrons. The highest BCUT2D eigenvalue weighted by atomic mass is 35.5. The first-order chi connectivity index (χ1) is 19.4. The Balaban J connectivity index is 1.39. The molecule has 40 heavy (non-hydrogen) atoms. The molecular formula is C30H29ClN4O4S. The second-order valence-electron chi connectivity index (χ2n) is 9.26. The average Bonchev–Trinajstić information content (AvgIpc) is 2.96. The van der Waals surface area contributed by atoms with Gasteiger partial charge in [0, 0.05) is 23.0 Å². The van der Waals surface area contributed by atoms with Gasteiger partial charge in [0.1, 0.15) is 11.5 Å². The van der Waals surface area contributed by atoms with Gasteiger partial charge in [-0.15, -0.1) is 0 Å². The maximum absolute atomic E-state index is 13.8. The van der Waals surface area contributed by atoms with Crippen LogP contribution in [0.25, 0.3) is 0 Å². The van der Waals surface area contributed by atoms with Crippen LogP contribution < -0.4 is 20.1 Å². The minimum Gasteiger partial charge on any atom is -0.495 e. The predicted octanol–water partition coefficient (Wildman–Crippen LogP) is 6.13. The lowest BCUT2D eigenvalue weighted by Gasteiger charge is -2.41. The molecule has 2 aliphatic rings. The molecule has 2 amide bonds. The number of methoxy groups -OCH3 is 1. The Kier molecular flexibility index (Phi) is 8.62. The van der Waals surface area contributed by atoms with Crippen LogP contribution in [0, 0.1) is 0 Å². The van der Waals surface area contributed by atoms with Crippen LogP contribution in [0.5, 0.6) is 11.5 Å². The molecular weight excluding hydrogens is 548 g/mol. The third kappa shape index (κ3) is 6.26. The van der Waals surface area contributed by atoms with Crippen molar-refractivity contribution in [1.82, 2.24) is 4.90 Å². The minimum absolute atomic E-state index is 0.152. The number of amidine groups is 1. The Morgan fingerprint density at radius 3 is 2.67 bits per heavy atom. The van der Waals surface area contributed by atoms with Crippen LogP contribution >= 0.6 is 23.4 Å². The van der Waals surface area contributed by atoms with Gasteiger partial charge in [0.05, 0.1) is 30.1 Å². The zero-order valence-corrected chi connectivity index (χ0v) is 23.7. The first-order valence-corrected chi connectivity index (χ1v) is 14.2. The number of nitrogens with one attached hydrogen (secondary N) is 2. The van der Waals surface area contributed by atoms with E-state index in [0.29, 0.717) is 39.2 Å². The lowest BCUT2D eigenvalue weighted by molar-refractivity contribution is -0.118. The molecule has 0 spiro atoms. The SMILES string of the molecule is COc1ccccc1NC(=O)C1=C(C)N=C2SCCCN2C1c1cccc(NC(=O)COc2ccc(Cl)cc2)c1. The maximum Gasteiger partial charge on any atom is 0.262 e. The summed E-state index contributed by atoms with van der Waals surface area (Å²) in [4.78, 5) is 33.4. The second-order valence-corrected chi connectivity index (χ2v) is 10.8. The lowest BCUT2D eigenvalue weighted by atomic mass is 9.93. The lowest BCUT2D eigenvalue weighted by Crippen LogP contribution is -2.43. The van der Waals surface area contributed by atoms with Gasteiger partial charge >= 0.3 is 0 Å². The molecule has 3 aromatic carbocycles. The Morgan fingerprint density at radius 1 is 1.07 bits per heavy atom. The fraction of sp³-hybridized carbons (Fsp3) is 0.233. The molecule has 1 fully saturated rings. The van der Waals surface area contributed by atoms with Gasteiger partial charge in [0.25, 0.3) is 11.8 Å². The number of thioether (sulfide) groups is 1. The number of carbonyl (C=O) groups excluding carboxylic acids is 2. The first kappa shape index (κ1) is 27.6. The van der Waals surface area contributed by atoms with Crippen molar-refractivity contribution in [2.24, 2.45) is 4.99 Å². The van der Waals surface area contributed by atoms with E-state index < -0.39 is 0 Å². The molecule has 1 saturated heterocycles. The van der Waals surface area contributed by atoms with Crippen LogP contribution in [0.1, 0.15) is 24.9 Å². The standard InChI is InChI=1S/C30H29ClN4O4S/c1-19-27(29(37)34-24-9-3-4-10-25(24)38-2)28(35-15-6-16-40-30(35)32-19)20-7-5-8-22(17-20)33-26(36)18-39-23-13-11-21(31)12-14-23/h3-5,7-14,17,28H,6,15-16,18H2,1-2H3,(H,33,36)(H,34,37). The van der Waals surface area contributed by atoms with Crippen LogP contribution in [0.15, 0.2) is 89.1 Å². The number of fused-ring (bicyclic) bond motifs is 1. The first-order valence-electron chi connectivity index (χ1n) is 12.8. The fourth-order valence-corrected chi connectivity index (χ4v) is 5.85. The van der Waals surface area contributed by atoms with E-state index in [1.165, 1.54) is 0 Å². The molecule has 10 heteroatoms. The molecule has 3 aromatic rings. The zero-order chi connectivity index (χ0) is 28.1. The normalized spacial score (nSPS) is 16.5. The van der Waals surface area contributed by atoms with Crippen molar-refractivity contribution in [3.63, 3.8) is 0 Å². The van der Waals surface area contributed by atoms with Crippen LogP contribution in [0.4, 0.5) is 11.4 Å². The molecule has 0 aliphatic carbocycles. The number of para-hydroxylation sites is 2. The number of benzene rings is 3. The van der Waals surface area contributed by atoms with E-state index in [-0.39, 0.29) is 24.5 Å². The van der Waals surface area contributed by atoms with Crippen molar-refractivity contribution in [3.05, 3.63) is 94.7 Å². The fourth-order valence-electron chi connectivity index (χ4n) is 4.71. The molecule has 5 rings (SSSR count). The Labute approximate surface area is 242 Å². The van der Waals surface area contributed by atoms with E-state index >= 15 is 0 Å². The van der Waals surface area contributed by atoms with Crippen LogP contribution in [-0.2, 0) is 9.59 Å². The highest BCUT2D eigenvalue weighted by Crippen LogP contribution is 2.40. The van der Waals surface area contributed by atoms with Crippen molar-refractivity contribution < 1.29 is 19.1 Å². The number of hydrogen-bond donors (Lipinski definition) is 2. The van der Waals surface area contributed by atoms with Crippen molar-refractivity contribution >= 4 is 51.7 Å². The summed E-state index contributed by atoms with van der Waals surface area (Å²) in [6, 6.07) is 21.3.